The molecular weight excluding hydrogens is 405 g/mol. The first-order valence-electron chi connectivity index (χ1n) is 9.28. The molecule has 2 aromatic heterocycles. The Hall–Kier alpha value is -3.18. The smallest absolute Gasteiger partial charge is 0.418 e. The molecule has 160 valence electrons. The molecule has 2 saturated heterocycles. The number of alkyl halides is 3. The first-order chi connectivity index (χ1) is 14.0. The maximum Gasteiger partial charge on any atom is 0.418 e. The van der Waals surface area contributed by atoms with Gasteiger partial charge >= 0.3 is 18.2 Å². The van der Waals surface area contributed by atoms with Gasteiger partial charge in [-0.3, -0.25) is 10.00 Å². The molecule has 9 nitrogen and oxygen atoms in total. The number of halogens is 3. The number of carboxylic acid groups (broad SMARTS) is 1. The molecule has 2 aliphatic heterocycles. The zero-order chi connectivity index (χ0) is 21.8. The summed E-state index contributed by atoms with van der Waals surface area (Å²) in [5, 5.41) is 16.0. The molecule has 2 aromatic rings. The third-order valence-corrected chi connectivity index (χ3v) is 5.66. The van der Waals surface area contributed by atoms with Crippen molar-refractivity contribution in [1.82, 2.24) is 24.6 Å². The second-order valence-corrected chi connectivity index (χ2v) is 7.89. The fraction of sp³-hybridized carbons (Fsp3) is 0.500. The normalized spacial score (nSPS) is 25.6. The van der Waals surface area contributed by atoms with Crippen LogP contribution in [-0.2, 0) is 18.0 Å². The SMILES string of the molecule is CC1CC2CC(C(=O)O)(C1)N2C(=O)Nc1cc(-c2ncn(C)n2)c(C(F)(F)F)cn1. The van der Waals surface area contributed by atoms with Crippen molar-refractivity contribution in [1.29, 1.82) is 0 Å². The van der Waals surface area contributed by atoms with Crippen molar-refractivity contribution in [3.63, 3.8) is 0 Å². The topological polar surface area (TPSA) is 113 Å². The number of carbonyl (C=O) groups is 2. The summed E-state index contributed by atoms with van der Waals surface area (Å²) in [5.74, 6) is -1.23. The highest BCUT2D eigenvalue weighted by atomic mass is 19.4. The van der Waals surface area contributed by atoms with E-state index in [0.29, 0.717) is 25.5 Å². The quantitative estimate of drug-likeness (QED) is 0.783. The van der Waals surface area contributed by atoms with E-state index in [1.54, 1.807) is 0 Å². The number of anilines is 1. The van der Waals surface area contributed by atoms with Gasteiger partial charge < -0.3 is 10.0 Å². The van der Waals surface area contributed by atoms with E-state index < -0.39 is 29.3 Å². The number of nitrogens with one attached hydrogen (secondary N) is 1. The molecular formula is C18H19F3N6O3. The Labute approximate surface area is 168 Å². The van der Waals surface area contributed by atoms with Crippen molar-refractivity contribution >= 4 is 17.8 Å². The number of urea groups is 1. The Balaban J connectivity index is 1.64. The second kappa shape index (κ2) is 6.67. The molecule has 1 aliphatic carbocycles. The molecule has 3 unspecified atom stereocenters. The summed E-state index contributed by atoms with van der Waals surface area (Å²) in [5.41, 5.74) is -2.66. The Morgan fingerprint density at radius 2 is 2.03 bits per heavy atom. The molecule has 3 aliphatic rings. The van der Waals surface area contributed by atoms with E-state index in [-0.39, 0.29) is 29.2 Å². The molecule has 1 saturated carbocycles. The van der Waals surface area contributed by atoms with Gasteiger partial charge in [-0.25, -0.2) is 19.6 Å². The number of aryl methyl sites for hydroxylation is 1. The Morgan fingerprint density at radius 1 is 1.30 bits per heavy atom. The van der Waals surface area contributed by atoms with Gasteiger partial charge in [0.05, 0.1) is 5.56 Å². The summed E-state index contributed by atoms with van der Waals surface area (Å²) in [6.45, 7) is 1.93. The van der Waals surface area contributed by atoms with Gasteiger partial charge in [-0.2, -0.15) is 18.3 Å². The highest BCUT2D eigenvalue weighted by Gasteiger charge is 2.63. The average molecular weight is 424 g/mol. The minimum atomic E-state index is -4.69. The number of hydrogen-bond donors (Lipinski definition) is 2. The van der Waals surface area contributed by atoms with Crippen LogP contribution in [0.1, 0.15) is 31.7 Å². The van der Waals surface area contributed by atoms with E-state index in [1.165, 1.54) is 23.0 Å². The van der Waals surface area contributed by atoms with E-state index in [0.717, 1.165) is 6.07 Å². The number of aliphatic carboxylic acids is 1. The predicted octanol–water partition coefficient (Wildman–Crippen LogP) is 2.76. The van der Waals surface area contributed by atoms with E-state index in [2.05, 4.69) is 20.4 Å². The lowest BCUT2D eigenvalue weighted by molar-refractivity contribution is -0.173. The molecule has 0 aromatic carbocycles. The van der Waals surface area contributed by atoms with E-state index >= 15 is 0 Å². The van der Waals surface area contributed by atoms with E-state index in [9.17, 15) is 27.9 Å². The molecule has 2 amide bonds. The fourth-order valence-electron chi connectivity index (χ4n) is 4.52. The first-order valence-corrected chi connectivity index (χ1v) is 9.28. The van der Waals surface area contributed by atoms with Crippen molar-refractivity contribution in [2.45, 2.75) is 43.9 Å². The van der Waals surface area contributed by atoms with Crippen LogP contribution in [0, 0.1) is 5.92 Å². The third kappa shape index (κ3) is 3.15. The van der Waals surface area contributed by atoms with Crippen LogP contribution in [0.25, 0.3) is 11.4 Å². The zero-order valence-electron chi connectivity index (χ0n) is 16.1. The molecule has 2 N–H and O–H groups in total. The number of rotatable bonds is 3. The van der Waals surface area contributed by atoms with Crippen LogP contribution in [0.15, 0.2) is 18.6 Å². The van der Waals surface area contributed by atoms with Gasteiger partial charge in [0.15, 0.2) is 5.82 Å². The summed E-state index contributed by atoms with van der Waals surface area (Å²) in [7, 11) is 1.52. The summed E-state index contributed by atoms with van der Waals surface area (Å²) < 4.78 is 41.4. The predicted molar refractivity (Wildman–Crippen MR) is 97.3 cm³/mol. The number of hydrogen-bond acceptors (Lipinski definition) is 5. The van der Waals surface area contributed by atoms with Gasteiger partial charge in [0.1, 0.15) is 17.7 Å². The standard InChI is InChI=1S/C18H19F3N6O3/c1-9-3-10-6-17(5-9,15(28)29)27(10)16(30)24-13-4-11(14-23-8-26(2)25-14)12(7-22-13)18(19,20)21/h4,7-10H,3,5-6H2,1-2H3,(H,28,29)(H,22,24,30). The number of nitrogens with zero attached hydrogens (tertiary/aromatic N) is 5. The minimum Gasteiger partial charge on any atom is -0.479 e. The number of amides is 2. The van der Waals surface area contributed by atoms with Gasteiger partial charge in [0.25, 0.3) is 0 Å². The lowest BCUT2D eigenvalue weighted by atomic mass is 9.64. The Morgan fingerprint density at radius 3 is 2.63 bits per heavy atom. The van der Waals surface area contributed by atoms with Crippen molar-refractivity contribution < 1.29 is 27.9 Å². The highest BCUT2D eigenvalue weighted by molar-refractivity contribution is 5.96. The molecule has 3 fully saturated rings. The summed E-state index contributed by atoms with van der Waals surface area (Å²) in [6.07, 6.45) is -1.46. The molecule has 12 heteroatoms. The number of aromatic nitrogens is 4. The van der Waals surface area contributed by atoms with Crippen LogP contribution in [0.4, 0.5) is 23.8 Å². The van der Waals surface area contributed by atoms with Crippen LogP contribution in [0.5, 0.6) is 0 Å². The monoisotopic (exact) mass is 424 g/mol. The van der Waals surface area contributed by atoms with E-state index in [4.69, 9.17) is 0 Å². The maximum absolute atomic E-state index is 13.4. The summed E-state index contributed by atoms with van der Waals surface area (Å²) in [4.78, 5) is 33.5. The van der Waals surface area contributed by atoms with Gasteiger partial charge in [0, 0.05) is 31.3 Å². The largest absolute Gasteiger partial charge is 0.479 e. The number of carboxylic acids is 1. The third-order valence-electron chi connectivity index (χ3n) is 5.66. The van der Waals surface area contributed by atoms with E-state index in [1.807, 2.05) is 6.92 Å². The molecule has 5 rings (SSSR count). The molecule has 30 heavy (non-hydrogen) atoms. The van der Waals surface area contributed by atoms with Gasteiger partial charge in [0.2, 0.25) is 0 Å². The number of piperidine rings is 1. The molecule has 0 spiro atoms. The number of pyridine rings is 1. The van der Waals surface area contributed by atoms with Crippen LogP contribution in [0.2, 0.25) is 0 Å². The summed E-state index contributed by atoms with van der Waals surface area (Å²) in [6, 6.07) is 0.116. The lowest BCUT2D eigenvalue weighted by Crippen LogP contribution is -2.75. The average Bonchev–Trinajstić information content (AvgIpc) is 3.06. The zero-order valence-corrected chi connectivity index (χ0v) is 16.1. The maximum atomic E-state index is 13.4. The molecule has 0 radical (unpaired) electrons. The Kier molecular flexibility index (Phi) is 4.47. The second-order valence-electron chi connectivity index (χ2n) is 7.89. The van der Waals surface area contributed by atoms with Crippen LogP contribution < -0.4 is 5.32 Å². The van der Waals surface area contributed by atoms with Crippen LogP contribution in [0.3, 0.4) is 0 Å². The molecule has 2 bridgehead atoms. The van der Waals surface area contributed by atoms with Crippen LogP contribution in [-0.4, -0.2) is 53.3 Å². The van der Waals surface area contributed by atoms with Crippen LogP contribution >= 0.6 is 0 Å². The lowest BCUT2D eigenvalue weighted by Gasteiger charge is -2.60. The van der Waals surface area contributed by atoms with Crippen molar-refractivity contribution in [3.8, 4) is 11.4 Å². The molecule has 3 atom stereocenters. The minimum absolute atomic E-state index is 0.144. The Bertz CT molecular complexity index is 1020. The van der Waals surface area contributed by atoms with Crippen molar-refractivity contribution in [2.75, 3.05) is 5.32 Å². The highest BCUT2D eigenvalue weighted by Crippen LogP contribution is 2.50. The van der Waals surface area contributed by atoms with Crippen molar-refractivity contribution in [3.05, 3.63) is 24.2 Å². The van der Waals surface area contributed by atoms with Gasteiger partial charge in [-0.15, -0.1) is 0 Å². The number of fused-ring (bicyclic) bond motifs is 2. The van der Waals surface area contributed by atoms with Crippen molar-refractivity contribution in [2.24, 2.45) is 13.0 Å². The number of carbonyl (C=O) groups excluding carboxylic acids is 1. The molecule has 4 heterocycles. The fourth-order valence-corrected chi connectivity index (χ4v) is 4.52. The first kappa shape index (κ1) is 20.1. The van der Waals surface area contributed by atoms with Gasteiger partial charge in [-0.05, 0) is 24.8 Å². The van der Waals surface area contributed by atoms with Gasteiger partial charge in [-0.1, -0.05) is 6.92 Å². The summed E-state index contributed by atoms with van der Waals surface area (Å²) >= 11 is 0.